The number of aromatic nitrogens is 2. The summed E-state index contributed by atoms with van der Waals surface area (Å²) in [6.45, 7) is 0.880. The van der Waals surface area contributed by atoms with Gasteiger partial charge in [-0.05, 0) is 24.4 Å². The van der Waals surface area contributed by atoms with Gasteiger partial charge in [0.15, 0.2) is 23.3 Å². The maximum atomic E-state index is 7.35. The van der Waals surface area contributed by atoms with Crippen molar-refractivity contribution in [2.45, 2.75) is 0 Å². The highest BCUT2D eigenvalue weighted by molar-refractivity contribution is 7.71. The molecule has 0 atom stereocenters. The fourth-order valence-corrected chi connectivity index (χ4v) is 2.32. The number of aryl methyl sites for hydroxylation is 1. The fraction of sp³-hybridized carbons (Fsp3) is 0.267. The van der Waals surface area contributed by atoms with E-state index in [1.165, 1.54) is 0 Å². The van der Waals surface area contributed by atoms with Gasteiger partial charge in [0, 0.05) is 14.1 Å². The molecule has 8 nitrogen and oxygen atoms in total. The number of anilines is 2. The smallest absolute Gasteiger partial charge is 0.201 e. The molecule has 4 N–H and O–H groups in total. The predicted molar refractivity (Wildman–Crippen MR) is 93.9 cm³/mol. The maximum absolute atomic E-state index is 7.35. The molecule has 0 aliphatic carbocycles. The average Bonchev–Trinajstić information content (AvgIpc) is 2.54. The zero-order chi connectivity index (χ0) is 17.3. The summed E-state index contributed by atoms with van der Waals surface area (Å²) < 4.78 is 13.9. The molecule has 1 aliphatic rings. The average molecular weight is 346 g/mol. The van der Waals surface area contributed by atoms with E-state index in [1.54, 1.807) is 22.7 Å². The van der Waals surface area contributed by atoms with Crippen molar-refractivity contribution in [3.8, 4) is 17.2 Å². The molecular formula is C15H18N6O2S. The number of nitrogens with zero attached hydrogens (tertiary/aromatic N) is 3. The van der Waals surface area contributed by atoms with Gasteiger partial charge < -0.3 is 30.0 Å². The van der Waals surface area contributed by atoms with E-state index in [-0.39, 0.29) is 5.96 Å². The van der Waals surface area contributed by atoms with Crippen molar-refractivity contribution >= 4 is 29.7 Å². The van der Waals surface area contributed by atoms with E-state index in [2.05, 4.69) is 10.3 Å². The van der Waals surface area contributed by atoms with Gasteiger partial charge in [-0.1, -0.05) is 6.07 Å². The van der Waals surface area contributed by atoms with E-state index >= 15 is 0 Å². The van der Waals surface area contributed by atoms with Gasteiger partial charge in [-0.15, -0.1) is 0 Å². The highest BCUT2D eigenvalue weighted by atomic mass is 32.1. The zero-order valence-corrected chi connectivity index (χ0v) is 14.2. The van der Waals surface area contributed by atoms with Crippen LogP contribution in [0.25, 0.3) is 0 Å². The third-order valence-corrected chi connectivity index (χ3v) is 3.98. The van der Waals surface area contributed by atoms with Crippen LogP contribution < -0.4 is 20.5 Å². The summed E-state index contributed by atoms with van der Waals surface area (Å²) in [5, 5.41) is 10.6. The molecule has 126 valence electrons. The molecule has 0 radical (unpaired) electrons. The van der Waals surface area contributed by atoms with Crippen LogP contribution in [0, 0.1) is 10.2 Å². The van der Waals surface area contributed by atoms with Crippen molar-refractivity contribution in [3.05, 3.63) is 29.2 Å². The molecule has 0 saturated heterocycles. The van der Waals surface area contributed by atoms with Crippen molar-refractivity contribution in [1.29, 1.82) is 5.41 Å². The number of nitrogens with one attached hydrogen (secondary N) is 2. The van der Waals surface area contributed by atoms with E-state index in [4.69, 9.17) is 32.8 Å². The van der Waals surface area contributed by atoms with E-state index < -0.39 is 0 Å². The van der Waals surface area contributed by atoms with Crippen LogP contribution in [-0.2, 0) is 7.05 Å². The van der Waals surface area contributed by atoms with Gasteiger partial charge in [0.05, 0.1) is 12.7 Å². The SMILES string of the molecule is CN(CCOc1cccc2c1Nc1nc(=S)n(C)cc1O2)C(=N)N. The molecule has 24 heavy (non-hydrogen) atoms. The lowest BCUT2D eigenvalue weighted by Crippen LogP contribution is -2.35. The molecule has 3 rings (SSSR count). The number of hydrogen-bond donors (Lipinski definition) is 3. The zero-order valence-electron chi connectivity index (χ0n) is 13.4. The molecule has 0 spiro atoms. The van der Waals surface area contributed by atoms with Crippen LogP contribution in [0.2, 0.25) is 0 Å². The molecule has 1 aromatic heterocycles. The molecule has 1 aromatic carbocycles. The number of benzene rings is 1. The molecule has 1 aliphatic heterocycles. The van der Waals surface area contributed by atoms with Crippen molar-refractivity contribution < 1.29 is 9.47 Å². The summed E-state index contributed by atoms with van der Waals surface area (Å²) >= 11 is 5.18. The number of ether oxygens (including phenoxy) is 2. The summed E-state index contributed by atoms with van der Waals surface area (Å²) in [6, 6.07) is 5.54. The summed E-state index contributed by atoms with van der Waals surface area (Å²) in [5.41, 5.74) is 6.11. The number of nitrogens with two attached hydrogens (primary N) is 1. The third-order valence-electron chi connectivity index (χ3n) is 3.60. The number of guanidine groups is 1. The highest BCUT2D eigenvalue weighted by Crippen LogP contribution is 2.45. The van der Waals surface area contributed by atoms with Crippen molar-refractivity contribution in [1.82, 2.24) is 14.5 Å². The van der Waals surface area contributed by atoms with Crippen LogP contribution >= 0.6 is 12.2 Å². The van der Waals surface area contributed by atoms with Gasteiger partial charge in [-0.3, -0.25) is 5.41 Å². The first kappa shape index (κ1) is 16.1. The monoisotopic (exact) mass is 346 g/mol. The van der Waals surface area contributed by atoms with Crippen LogP contribution in [0.4, 0.5) is 11.5 Å². The summed E-state index contributed by atoms with van der Waals surface area (Å²) in [6.07, 6.45) is 1.79. The Hall–Kier alpha value is -2.81. The quantitative estimate of drug-likeness (QED) is 0.378. The Morgan fingerprint density at radius 2 is 2.29 bits per heavy atom. The van der Waals surface area contributed by atoms with Gasteiger partial charge in [-0.25, -0.2) is 0 Å². The Kier molecular flexibility index (Phi) is 4.26. The molecule has 2 heterocycles. The lowest BCUT2D eigenvalue weighted by Gasteiger charge is -2.24. The number of fused-ring (bicyclic) bond motifs is 2. The van der Waals surface area contributed by atoms with Gasteiger partial charge in [0.2, 0.25) is 4.77 Å². The molecule has 9 heteroatoms. The van der Waals surface area contributed by atoms with Crippen molar-refractivity contribution in [2.75, 3.05) is 25.5 Å². The van der Waals surface area contributed by atoms with Gasteiger partial charge in [0.1, 0.15) is 18.0 Å². The number of likely N-dealkylation sites (N-methyl/N-ethyl adjacent to an activating group) is 1. The summed E-state index contributed by atoms with van der Waals surface area (Å²) in [7, 11) is 3.55. The second-order valence-electron chi connectivity index (χ2n) is 5.36. The Labute approximate surface area is 144 Å². The third kappa shape index (κ3) is 3.11. The Balaban J connectivity index is 1.80. The summed E-state index contributed by atoms with van der Waals surface area (Å²) in [5.74, 6) is 2.45. The van der Waals surface area contributed by atoms with E-state index in [9.17, 15) is 0 Å². The second-order valence-corrected chi connectivity index (χ2v) is 5.72. The molecule has 0 amide bonds. The Morgan fingerprint density at radius 3 is 3.04 bits per heavy atom. The standard InChI is InChI=1S/C15H18N6O2S/c1-20(14(16)17)6-7-22-9-4-3-5-10-12(9)18-13-11(23-10)8-21(2)15(24)19-13/h3-5,8H,6-7H2,1-2H3,(H3,16,17)(H,18,19,24). The van der Waals surface area contributed by atoms with Gasteiger partial charge >= 0.3 is 0 Å². The fourth-order valence-electron chi connectivity index (χ4n) is 2.18. The first-order valence-corrected chi connectivity index (χ1v) is 7.70. The van der Waals surface area contributed by atoms with Crippen LogP contribution in [0.3, 0.4) is 0 Å². The van der Waals surface area contributed by atoms with Gasteiger partial charge in [0.25, 0.3) is 0 Å². The molecule has 0 bridgehead atoms. The lowest BCUT2D eigenvalue weighted by molar-refractivity contribution is 0.283. The number of rotatable bonds is 4. The largest absolute Gasteiger partial charge is 0.489 e. The topological polar surface area (TPSA) is 101 Å². The molecule has 2 aromatic rings. The normalized spacial score (nSPS) is 11.6. The summed E-state index contributed by atoms with van der Waals surface area (Å²) in [4.78, 5) is 5.92. The number of para-hydroxylation sites is 1. The molecule has 0 fully saturated rings. The van der Waals surface area contributed by atoms with Crippen LogP contribution in [-0.4, -0.2) is 40.6 Å². The van der Waals surface area contributed by atoms with Crippen molar-refractivity contribution in [2.24, 2.45) is 12.8 Å². The Morgan fingerprint density at radius 1 is 1.50 bits per heavy atom. The minimum absolute atomic E-state index is 0.000814. The van der Waals surface area contributed by atoms with Crippen LogP contribution in [0.1, 0.15) is 0 Å². The predicted octanol–water partition coefficient (Wildman–Crippen LogP) is 2.20. The van der Waals surface area contributed by atoms with Crippen LogP contribution in [0.5, 0.6) is 17.2 Å². The molecular weight excluding hydrogens is 328 g/mol. The molecule has 0 saturated carbocycles. The first-order valence-electron chi connectivity index (χ1n) is 7.29. The van der Waals surface area contributed by atoms with E-state index in [1.807, 2.05) is 25.2 Å². The van der Waals surface area contributed by atoms with Crippen LogP contribution in [0.15, 0.2) is 24.4 Å². The van der Waals surface area contributed by atoms with Crippen molar-refractivity contribution in [3.63, 3.8) is 0 Å². The minimum atomic E-state index is -0.000814. The Bertz CT molecular complexity index is 850. The number of hydrogen-bond acceptors (Lipinski definition) is 6. The second kappa shape index (κ2) is 6.36. The maximum Gasteiger partial charge on any atom is 0.201 e. The lowest BCUT2D eigenvalue weighted by atomic mass is 10.2. The highest BCUT2D eigenvalue weighted by Gasteiger charge is 2.21. The minimum Gasteiger partial charge on any atom is -0.489 e. The van der Waals surface area contributed by atoms with E-state index in [0.717, 1.165) is 0 Å². The van der Waals surface area contributed by atoms with Gasteiger partial charge in [-0.2, -0.15) is 4.98 Å². The van der Waals surface area contributed by atoms with E-state index in [0.29, 0.717) is 46.7 Å². The molecule has 0 unspecified atom stereocenters. The first-order chi connectivity index (χ1) is 11.5.